The van der Waals surface area contributed by atoms with Crippen LogP contribution in [-0.2, 0) is 0 Å². The van der Waals surface area contributed by atoms with Gasteiger partial charge in [0.25, 0.3) is 0 Å². The van der Waals surface area contributed by atoms with Crippen LogP contribution in [0.1, 0.15) is 25.5 Å². The molecule has 0 aliphatic heterocycles. The molecule has 15 heavy (non-hydrogen) atoms. The molecule has 0 aliphatic rings. The minimum absolute atomic E-state index is 0.120. The number of rotatable bonds is 1. The normalized spacial score (nSPS) is 12.9. The van der Waals surface area contributed by atoms with E-state index in [1.807, 2.05) is 0 Å². The molecule has 1 rings (SSSR count). The molecule has 0 radical (unpaired) electrons. The topological polar surface area (TPSA) is 40.5 Å². The summed E-state index contributed by atoms with van der Waals surface area (Å²) < 4.78 is 13.2. The van der Waals surface area contributed by atoms with Crippen molar-refractivity contribution in [2.24, 2.45) is 0 Å². The molecule has 0 aliphatic carbocycles. The van der Waals surface area contributed by atoms with Crippen molar-refractivity contribution in [3.8, 4) is 11.8 Å². The summed E-state index contributed by atoms with van der Waals surface area (Å²) in [7, 11) is 0. The van der Waals surface area contributed by atoms with Crippen molar-refractivity contribution in [3.63, 3.8) is 0 Å². The second-order valence-electron chi connectivity index (χ2n) is 3.75. The fourth-order valence-electron chi connectivity index (χ4n) is 1.02. The highest BCUT2D eigenvalue weighted by molar-refractivity contribution is 5.27. The van der Waals surface area contributed by atoms with Crippen LogP contribution in [0, 0.1) is 17.7 Å². The zero-order valence-electron chi connectivity index (χ0n) is 8.66. The van der Waals surface area contributed by atoms with Crippen molar-refractivity contribution in [1.82, 2.24) is 0 Å². The third-order valence-electron chi connectivity index (χ3n) is 1.71. The number of aliphatic hydroxyl groups excluding tert-OH is 1. The molecule has 1 aromatic rings. The lowest BCUT2D eigenvalue weighted by Gasteiger charge is -2.08. The SMILES string of the molecule is CC(C)(O)C#C[C@H](O)c1ccccc1F. The Morgan fingerprint density at radius 1 is 1.33 bits per heavy atom. The average Bonchev–Trinajstić information content (AvgIpc) is 2.14. The molecular formula is C12H13FO2. The predicted octanol–water partition coefficient (Wildman–Crippen LogP) is 1.63. The zero-order valence-corrected chi connectivity index (χ0v) is 8.66. The minimum atomic E-state index is -1.21. The maximum absolute atomic E-state index is 13.2. The number of aliphatic hydroxyl groups is 2. The number of benzene rings is 1. The highest BCUT2D eigenvalue weighted by Gasteiger charge is 2.11. The first kappa shape index (κ1) is 11.7. The molecule has 0 amide bonds. The van der Waals surface area contributed by atoms with Gasteiger partial charge in [0.1, 0.15) is 17.5 Å². The van der Waals surface area contributed by atoms with Crippen LogP contribution in [0.25, 0.3) is 0 Å². The molecule has 2 N–H and O–H groups in total. The van der Waals surface area contributed by atoms with E-state index in [-0.39, 0.29) is 5.56 Å². The van der Waals surface area contributed by atoms with Gasteiger partial charge in [-0.05, 0) is 19.9 Å². The van der Waals surface area contributed by atoms with E-state index in [4.69, 9.17) is 0 Å². The van der Waals surface area contributed by atoms with Crippen molar-refractivity contribution in [2.75, 3.05) is 0 Å². The lowest BCUT2D eigenvalue weighted by atomic mass is 10.1. The fraction of sp³-hybridized carbons (Fsp3) is 0.333. The Labute approximate surface area is 88.4 Å². The summed E-state index contributed by atoms with van der Waals surface area (Å²) in [6.45, 7) is 2.99. The van der Waals surface area contributed by atoms with Gasteiger partial charge < -0.3 is 10.2 Å². The fourth-order valence-corrected chi connectivity index (χ4v) is 1.02. The maximum Gasteiger partial charge on any atom is 0.143 e. The van der Waals surface area contributed by atoms with E-state index in [9.17, 15) is 14.6 Å². The van der Waals surface area contributed by atoms with Crippen LogP contribution in [-0.4, -0.2) is 15.8 Å². The molecule has 80 valence electrons. The van der Waals surface area contributed by atoms with E-state index in [1.54, 1.807) is 6.07 Å². The standard InChI is InChI=1S/C12H13FO2/c1-12(2,15)8-7-11(14)9-5-3-4-6-10(9)13/h3-6,11,14-15H,1-2H3/t11-/m0/s1. The van der Waals surface area contributed by atoms with Gasteiger partial charge in [0.15, 0.2) is 0 Å². The minimum Gasteiger partial charge on any atom is -0.378 e. The Bertz CT molecular complexity index is 396. The molecule has 3 heteroatoms. The van der Waals surface area contributed by atoms with Crippen LogP contribution < -0.4 is 0 Å². The van der Waals surface area contributed by atoms with Gasteiger partial charge >= 0.3 is 0 Å². The summed E-state index contributed by atoms with van der Waals surface area (Å²) in [6.07, 6.45) is -1.21. The summed E-state index contributed by atoms with van der Waals surface area (Å²) in [6, 6.07) is 5.87. The zero-order chi connectivity index (χ0) is 11.5. The quantitative estimate of drug-likeness (QED) is 0.689. The maximum atomic E-state index is 13.2. The van der Waals surface area contributed by atoms with Crippen molar-refractivity contribution >= 4 is 0 Å². The van der Waals surface area contributed by atoms with Crippen molar-refractivity contribution in [2.45, 2.75) is 25.6 Å². The molecule has 0 heterocycles. The first-order valence-electron chi connectivity index (χ1n) is 4.58. The van der Waals surface area contributed by atoms with Gasteiger partial charge in [0.2, 0.25) is 0 Å². The molecule has 2 nitrogen and oxygen atoms in total. The van der Waals surface area contributed by atoms with E-state index >= 15 is 0 Å². The lowest BCUT2D eigenvalue weighted by Crippen LogP contribution is -2.15. The Balaban J connectivity index is 2.90. The van der Waals surface area contributed by atoms with Gasteiger partial charge in [-0.25, -0.2) is 4.39 Å². The van der Waals surface area contributed by atoms with E-state index < -0.39 is 17.5 Å². The van der Waals surface area contributed by atoms with Crippen molar-refractivity contribution in [3.05, 3.63) is 35.6 Å². The van der Waals surface area contributed by atoms with Crippen LogP contribution in [0.2, 0.25) is 0 Å². The summed E-state index contributed by atoms with van der Waals surface area (Å²) in [5.74, 6) is 4.33. The summed E-state index contributed by atoms with van der Waals surface area (Å²) in [4.78, 5) is 0. The van der Waals surface area contributed by atoms with E-state index in [0.717, 1.165) is 0 Å². The molecule has 0 saturated carbocycles. The summed E-state index contributed by atoms with van der Waals surface area (Å²) in [5.41, 5.74) is -1.07. The third-order valence-corrected chi connectivity index (χ3v) is 1.71. The molecular weight excluding hydrogens is 195 g/mol. The van der Waals surface area contributed by atoms with Gasteiger partial charge in [-0.3, -0.25) is 0 Å². The number of halogens is 1. The predicted molar refractivity (Wildman–Crippen MR) is 55.4 cm³/mol. The van der Waals surface area contributed by atoms with Gasteiger partial charge in [0, 0.05) is 5.56 Å². The Morgan fingerprint density at radius 3 is 2.47 bits per heavy atom. The largest absolute Gasteiger partial charge is 0.378 e. The summed E-state index contributed by atoms with van der Waals surface area (Å²) in [5, 5.41) is 18.8. The second kappa shape index (κ2) is 4.43. The summed E-state index contributed by atoms with van der Waals surface area (Å²) >= 11 is 0. The van der Waals surface area contributed by atoms with E-state index in [1.165, 1.54) is 32.0 Å². The number of hydrogen-bond acceptors (Lipinski definition) is 2. The molecule has 0 fully saturated rings. The third kappa shape index (κ3) is 3.70. The van der Waals surface area contributed by atoms with E-state index in [0.29, 0.717) is 0 Å². The smallest absolute Gasteiger partial charge is 0.143 e. The van der Waals surface area contributed by atoms with Crippen LogP contribution in [0.5, 0.6) is 0 Å². The van der Waals surface area contributed by atoms with Crippen molar-refractivity contribution in [1.29, 1.82) is 0 Å². The highest BCUT2D eigenvalue weighted by atomic mass is 19.1. The first-order chi connectivity index (χ1) is 6.90. The Hall–Kier alpha value is -1.37. The Morgan fingerprint density at radius 2 is 1.93 bits per heavy atom. The molecule has 1 atom stereocenters. The molecule has 0 bridgehead atoms. The van der Waals surface area contributed by atoms with Crippen LogP contribution in [0.4, 0.5) is 4.39 Å². The second-order valence-corrected chi connectivity index (χ2v) is 3.75. The van der Waals surface area contributed by atoms with Gasteiger partial charge in [0.05, 0.1) is 0 Å². The monoisotopic (exact) mass is 208 g/mol. The van der Waals surface area contributed by atoms with E-state index in [2.05, 4.69) is 11.8 Å². The van der Waals surface area contributed by atoms with Gasteiger partial charge in [-0.1, -0.05) is 30.0 Å². The van der Waals surface area contributed by atoms with Crippen LogP contribution in [0.3, 0.4) is 0 Å². The molecule has 0 saturated heterocycles. The van der Waals surface area contributed by atoms with Gasteiger partial charge in [-0.15, -0.1) is 0 Å². The highest BCUT2D eigenvalue weighted by Crippen LogP contribution is 2.15. The number of hydrogen-bond donors (Lipinski definition) is 2. The lowest BCUT2D eigenvalue weighted by molar-refractivity contribution is 0.142. The molecule has 0 spiro atoms. The Kier molecular flexibility index (Phi) is 3.46. The van der Waals surface area contributed by atoms with Crippen LogP contribution in [0.15, 0.2) is 24.3 Å². The first-order valence-corrected chi connectivity index (χ1v) is 4.58. The average molecular weight is 208 g/mol. The van der Waals surface area contributed by atoms with Crippen LogP contribution >= 0.6 is 0 Å². The molecule has 1 aromatic carbocycles. The molecule has 0 unspecified atom stereocenters. The molecule has 0 aromatic heterocycles. The van der Waals surface area contributed by atoms with Crippen molar-refractivity contribution < 1.29 is 14.6 Å². The van der Waals surface area contributed by atoms with Gasteiger partial charge in [-0.2, -0.15) is 0 Å².